The minimum Gasteiger partial charge on any atom is -0.497 e. The summed E-state index contributed by atoms with van der Waals surface area (Å²) in [5, 5.41) is 0. The van der Waals surface area contributed by atoms with Crippen molar-refractivity contribution in [3.05, 3.63) is 44.6 Å². The van der Waals surface area contributed by atoms with Crippen LogP contribution in [0.2, 0.25) is 0 Å². The van der Waals surface area contributed by atoms with Crippen LogP contribution in [0.5, 0.6) is 11.5 Å². The Balaban J connectivity index is 1.66. The van der Waals surface area contributed by atoms with Gasteiger partial charge in [-0.05, 0) is 40.2 Å². The van der Waals surface area contributed by atoms with E-state index in [4.69, 9.17) is 9.47 Å². The second kappa shape index (κ2) is 8.09. The molecular formula is C18H19BrN2O4S. The summed E-state index contributed by atoms with van der Waals surface area (Å²) in [7, 11) is 3.10. The lowest BCUT2D eigenvalue weighted by molar-refractivity contribution is 0.0538. The first-order valence-corrected chi connectivity index (χ1v) is 9.69. The lowest BCUT2D eigenvalue weighted by Gasteiger charge is -2.34. The Labute approximate surface area is 164 Å². The molecule has 1 aliphatic heterocycles. The summed E-state index contributed by atoms with van der Waals surface area (Å²) in [4.78, 5) is 29.5. The van der Waals surface area contributed by atoms with Crippen LogP contribution in [0.3, 0.4) is 0 Å². The van der Waals surface area contributed by atoms with Gasteiger partial charge in [-0.25, -0.2) is 0 Å². The van der Waals surface area contributed by atoms with Crippen LogP contribution in [0.25, 0.3) is 0 Å². The lowest BCUT2D eigenvalue weighted by Crippen LogP contribution is -2.50. The van der Waals surface area contributed by atoms with Crippen molar-refractivity contribution in [2.24, 2.45) is 0 Å². The number of rotatable bonds is 4. The fourth-order valence-corrected chi connectivity index (χ4v) is 4.17. The zero-order valence-electron chi connectivity index (χ0n) is 14.5. The van der Waals surface area contributed by atoms with Crippen LogP contribution in [0.4, 0.5) is 0 Å². The summed E-state index contributed by atoms with van der Waals surface area (Å²) in [6.45, 7) is 2.02. The molecule has 2 aromatic rings. The fourth-order valence-electron chi connectivity index (χ4n) is 2.81. The van der Waals surface area contributed by atoms with Crippen molar-refractivity contribution in [2.75, 3.05) is 40.4 Å². The Bertz CT molecular complexity index is 793. The Kier molecular flexibility index (Phi) is 5.83. The molecule has 8 heteroatoms. The minimum absolute atomic E-state index is 0.0100. The predicted molar refractivity (Wildman–Crippen MR) is 103 cm³/mol. The molecule has 1 aromatic carbocycles. The first-order chi connectivity index (χ1) is 12.5. The second-order valence-corrected chi connectivity index (χ2v) is 8.25. The van der Waals surface area contributed by atoms with Gasteiger partial charge in [0.2, 0.25) is 0 Å². The Morgan fingerprint density at radius 3 is 1.92 bits per heavy atom. The largest absolute Gasteiger partial charge is 0.497 e. The number of thiophene rings is 1. The average molecular weight is 439 g/mol. The highest BCUT2D eigenvalue weighted by Crippen LogP contribution is 2.25. The van der Waals surface area contributed by atoms with E-state index >= 15 is 0 Å². The van der Waals surface area contributed by atoms with Gasteiger partial charge >= 0.3 is 0 Å². The zero-order chi connectivity index (χ0) is 18.7. The number of carbonyl (C=O) groups is 2. The Morgan fingerprint density at radius 1 is 0.923 bits per heavy atom. The summed E-state index contributed by atoms with van der Waals surface area (Å²) < 4.78 is 11.4. The van der Waals surface area contributed by atoms with Crippen molar-refractivity contribution in [3.63, 3.8) is 0 Å². The lowest BCUT2D eigenvalue weighted by atomic mass is 10.1. The van der Waals surface area contributed by atoms with E-state index in [2.05, 4.69) is 15.9 Å². The van der Waals surface area contributed by atoms with Gasteiger partial charge in [0.05, 0.1) is 22.9 Å². The molecule has 1 aromatic heterocycles. The number of hydrogen-bond donors (Lipinski definition) is 0. The molecule has 0 N–H and O–H groups in total. The zero-order valence-corrected chi connectivity index (χ0v) is 16.9. The van der Waals surface area contributed by atoms with Gasteiger partial charge in [0, 0.05) is 37.8 Å². The summed E-state index contributed by atoms with van der Waals surface area (Å²) in [6.07, 6.45) is 0. The molecule has 2 amide bonds. The highest BCUT2D eigenvalue weighted by atomic mass is 79.9. The molecule has 138 valence electrons. The molecule has 1 saturated heterocycles. The fraction of sp³-hybridized carbons (Fsp3) is 0.333. The monoisotopic (exact) mass is 438 g/mol. The number of ether oxygens (including phenoxy) is 2. The molecule has 26 heavy (non-hydrogen) atoms. The summed E-state index contributed by atoms with van der Waals surface area (Å²) in [5.41, 5.74) is 0.517. The third-order valence-electron chi connectivity index (χ3n) is 4.24. The van der Waals surface area contributed by atoms with Crippen LogP contribution >= 0.6 is 27.3 Å². The molecule has 6 nitrogen and oxygen atoms in total. The van der Waals surface area contributed by atoms with E-state index in [-0.39, 0.29) is 11.8 Å². The van der Waals surface area contributed by atoms with Crippen molar-refractivity contribution in [1.29, 1.82) is 0 Å². The van der Waals surface area contributed by atoms with Gasteiger partial charge in [0.1, 0.15) is 11.5 Å². The maximum absolute atomic E-state index is 12.8. The normalized spacial score (nSPS) is 14.3. The summed E-state index contributed by atoms with van der Waals surface area (Å²) in [5.74, 6) is 1.07. The van der Waals surface area contributed by atoms with Gasteiger partial charge in [-0.15, -0.1) is 11.3 Å². The standard InChI is InChI=1S/C18H19BrN2O4S/c1-24-13-9-12(10-14(11-13)25-2)17(22)20-5-7-21(8-6-20)18(23)15-3-4-16(19)26-15/h3-4,9-11H,5-8H2,1-2H3. The molecule has 0 bridgehead atoms. The number of carbonyl (C=O) groups excluding carboxylic acids is 2. The van der Waals surface area contributed by atoms with Gasteiger partial charge < -0.3 is 19.3 Å². The van der Waals surface area contributed by atoms with E-state index in [1.54, 1.807) is 42.2 Å². The number of amides is 2. The molecule has 1 fully saturated rings. The molecule has 0 aliphatic carbocycles. The number of halogens is 1. The van der Waals surface area contributed by atoms with E-state index in [0.717, 1.165) is 3.79 Å². The topological polar surface area (TPSA) is 59.1 Å². The van der Waals surface area contributed by atoms with Gasteiger partial charge in [-0.3, -0.25) is 9.59 Å². The van der Waals surface area contributed by atoms with Crippen LogP contribution in [-0.2, 0) is 0 Å². The highest BCUT2D eigenvalue weighted by molar-refractivity contribution is 9.11. The van der Waals surface area contributed by atoms with E-state index in [9.17, 15) is 9.59 Å². The third kappa shape index (κ3) is 4.02. The van der Waals surface area contributed by atoms with Gasteiger partial charge in [-0.1, -0.05) is 0 Å². The Morgan fingerprint density at radius 2 is 1.46 bits per heavy atom. The van der Waals surface area contributed by atoms with E-state index in [1.165, 1.54) is 11.3 Å². The maximum atomic E-state index is 12.8. The van der Waals surface area contributed by atoms with Crippen LogP contribution < -0.4 is 9.47 Å². The number of methoxy groups -OCH3 is 2. The molecule has 3 rings (SSSR count). The van der Waals surface area contributed by atoms with Crippen molar-refractivity contribution in [1.82, 2.24) is 9.80 Å². The average Bonchev–Trinajstić information content (AvgIpc) is 3.12. The predicted octanol–water partition coefficient (Wildman–Crippen LogP) is 3.13. The molecular weight excluding hydrogens is 420 g/mol. The molecule has 0 atom stereocenters. The number of piperazine rings is 1. The van der Waals surface area contributed by atoms with Crippen LogP contribution in [0.1, 0.15) is 20.0 Å². The van der Waals surface area contributed by atoms with E-state index in [0.29, 0.717) is 48.1 Å². The van der Waals surface area contributed by atoms with Crippen LogP contribution in [0.15, 0.2) is 34.1 Å². The number of hydrogen-bond acceptors (Lipinski definition) is 5. The maximum Gasteiger partial charge on any atom is 0.264 e. The Hall–Kier alpha value is -2.06. The van der Waals surface area contributed by atoms with Crippen molar-refractivity contribution in [2.45, 2.75) is 0 Å². The van der Waals surface area contributed by atoms with Crippen molar-refractivity contribution in [3.8, 4) is 11.5 Å². The van der Waals surface area contributed by atoms with Gasteiger partial charge in [0.25, 0.3) is 11.8 Å². The van der Waals surface area contributed by atoms with Gasteiger partial charge in [0.15, 0.2) is 0 Å². The first-order valence-electron chi connectivity index (χ1n) is 8.09. The smallest absolute Gasteiger partial charge is 0.264 e. The molecule has 0 radical (unpaired) electrons. The minimum atomic E-state index is -0.0897. The molecule has 2 heterocycles. The van der Waals surface area contributed by atoms with Crippen molar-refractivity contribution >= 4 is 39.1 Å². The third-order valence-corrected chi connectivity index (χ3v) is 5.85. The van der Waals surface area contributed by atoms with E-state index in [1.807, 2.05) is 12.1 Å². The van der Waals surface area contributed by atoms with Crippen molar-refractivity contribution < 1.29 is 19.1 Å². The second-order valence-electron chi connectivity index (χ2n) is 5.79. The molecule has 1 aliphatic rings. The first kappa shape index (κ1) is 18.7. The molecule has 0 saturated carbocycles. The summed E-state index contributed by atoms with van der Waals surface area (Å²) in [6, 6.07) is 8.81. The van der Waals surface area contributed by atoms with Gasteiger partial charge in [-0.2, -0.15) is 0 Å². The number of nitrogens with zero attached hydrogens (tertiary/aromatic N) is 2. The molecule has 0 unspecified atom stereocenters. The quantitative estimate of drug-likeness (QED) is 0.735. The SMILES string of the molecule is COc1cc(OC)cc(C(=O)N2CCN(C(=O)c3ccc(Br)s3)CC2)c1. The number of benzene rings is 1. The highest BCUT2D eigenvalue weighted by Gasteiger charge is 2.26. The van der Waals surface area contributed by atoms with Crippen LogP contribution in [0, 0.1) is 0 Å². The van der Waals surface area contributed by atoms with Crippen LogP contribution in [-0.4, -0.2) is 62.0 Å². The molecule has 0 spiro atoms. The van der Waals surface area contributed by atoms with E-state index < -0.39 is 0 Å². The summed E-state index contributed by atoms with van der Waals surface area (Å²) >= 11 is 4.80.